The minimum atomic E-state index is -1.03. The summed E-state index contributed by atoms with van der Waals surface area (Å²) in [6, 6.07) is 2.34. The van der Waals surface area contributed by atoms with Gasteiger partial charge in [0.1, 0.15) is 0 Å². The topological polar surface area (TPSA) is 66.8 Å². The van der Waals surface area contributed by atoms with Crippen molar-refractivity contribution in [2.24, 2.45) is 0 Å². The zero-order valence-corrected chi connectivity index (χ0v) is 12.1. The molecule has 118 valence electrons. The summed E-state index contributed by atoms with van der Waals surface area (Å²) in [5, 5.41) is 18.2. The maximum absolute atomic E-state index is 14.0. The van der Waals surface area contributed by atoms with Crippen LogP contribution in [0.3, 0.4) is 0 Å². The highest BCUT2D eigenvalue weighted by atomic mass is 19.2. The average molecular weight is 302 g/mol. The minimum Gasteiger partial charge on any atom is -0.481 e. The monoisotopic (exact) mass is 302 g/mol. The van der Waals surface area contributed by atoms with Crippen molar-refractivity contribution in [2.45, 2.75) is 45.3 Å². The minimum absolute atomic E-state index is 0.00594. The number of rotatable bonds is 8. The van der Waals surface area contributed by atoms with Crippen LogP contribution in [0.2, 0.25) is 0 Å². The molecular weight excluding hydrogens is 282 g/mol. The van der Waals surface area contributed by atoms with Gasteiger partial charge in [-0.25, -0.2) is 8.78 Å². The van der Waals surface area contributed by atoms with Crippen LogP contribution < -0.4 is 0 Å². The molecule has 0 aliphatic heterocycles. The summed E-state index contributed by atoms with van der Waals surface area (Å²) in [7, 11) is 0. The van der Waals surface area contributed by atoms with E-state index in [4.69, 9.17) is 9.84 Å². The fourth-order valence-electron chi connectivity index (χ4n) is 1.96. The second-order valence-electron chi connectivity index (χ2n) is 4.87. The molecule has 0 saturated carbocycles. The first kappa shape index (κ1) is 17.5. The number of ether oxygens (including phenoxy) is 1. The summed E-state index contributed by atoms with van der Waals surface area (Å²) in [6.45, 7) is 3.33. The van der Waals surface area contributed by atoms with Crippen LogP contribution in [-0.2, 0) is 16.0 Å². The van der Waals surface area contributed by atoms with Gasteiger partial charge >= 0.3 is 5.97 Å². The van der Waals surface area contributed by atoms with E-state index < -0.39 is 29.8 Å². The lowest BCUT2D eigenvalue weighted by Gasteiger charge is -2.19. The summed E-state index contributed by atoms with van der Waals surface area (Å²) >= 11 is 0. The molecule has 1 aromatic carbocycles. The molecule has 4 nitrogen and oxygen atoms in total. The van der Waals surface area contributed by atoms with Crippen molar-refractivity contribution in [1.29, 1.82) is 0 Å². The Morgan fingerprint density at radius 3 is 2.62 bits per heavy atom. The molecule has 0 aromatic heterocycles. The van der Waals surface area contributed by atoms with Crippen molar-refractivity contribution in [2.75, 3.05) is 6.61 Å². The predicted molar refractivity (Wildman–Crippen MR) is 73.0 cm³/mol. The molecule has 2 atom stereocenters. The van der Waals surface area contributed by atoms with E-state index in [0.717, 1.165) is 6.07 Å². The Hall–Kier alpha value is -1.53. The normalized spacial score (nSPS) is 14.0. The Labute approximate surface area is 122 Å². The van der Waals surface area contributed by atoms with E-state index in [-0.39, 0.29) is 25.0 Å². The van der Waals surface area contributed by atoms with E-state index >= 15 is 0 Å². The third-order valence-electron chi connectivity index (χ3n) is 3.25. The maximum atomic E-state index is 14.0. The Bertz CT molecular complexity index is 491. The number of hydrogen-bond acceptors (Lipinski definition) is 3. The Morgan fingerprint density at radius 2 is 2.05 bits per heavy atom. The van der Waals surface area contributed by atoms with Gasteiger partial charge in [0.15, 0.2) is 11.6 Å². The Morgan fingerprint density at radius 1 is 1.38 bits per heavy atom. The van der Waals surface area contributed by atoms with Crippen molar-refractivity contribution in [1.82, 2.24) is 0 Å². The zero-order valence-electron chi connectivity index (χ0n) is 12.1. The van der Waals surface area contributed by atoms with E-state index in [9.17, 15) is 18.7 Å². The molecule has 6 heteroatoms. The van der Waals surface area contributed by atoms with Gasteiger partial charge < -0.3 is 14.9 Å². The van der Waals surface area contributed by atoms with Gasteiger partial charge in [-0.1, -0.05) is 13.0 Å². The molecule has 2 N–H and O–H groups in total. The first-order valence-corrected chi connectivity index (χ1v) is 6.85. The quantitative estimate of drug-likeness (QED) is 0.775. The molecule has 1 rings (SSSR count). The highest BCUT2D eigenvalue weighted by Crippen LogP contribution is 2.27. The molecule has 0 spiro atoms. The van der Waals surface area contributed by atoms with Crippen molar-refractivity contribution in [3.63, 3.8) is 0 Å². The molecule has 0 radical (unpaired) electrons. The van der Waals surface area contributed by atoms with Gasteiger partial charge in [-0.3, -0.25) is 4.79 Å². The van der Waals surface area contributed by atoms with Crippen LogP contribution in [0.15, 0.2) is 12.1 Å². The summed E-state index contributed by atoms with van der Waals surface area (Å²) in [5.41, 5.74) is 0.411. The van der Waals surface area contributed by atoms with Crippen LogP contribution in [0, 0.1) is 11.6 Å². The number of aliphatic hydroxyl groups excluding tert-OH is 1. The molecule has 0 aliphatic rings. The number of aryl methyl sites for hydroxylation is 1. The summed E-state index contributed by atoms with van der Waals surface area (Å²) in [4.78, 5) is 10.6. The number of hydrogen-bond donors (Lipinski definition) is 2. The highest BCUT2D eigenvalue weighted by molar-refractivity contribution is 5.67. The first-order chi connectivity index (χ1) is 9.86. The second kappa shape index (κ2) is 8.05. The van der Waals surface area contributed by atoms with E-state index in [1.54, 1.807) is 13.8 Å². The molecule has 1 unspecified atom stereocenters. The van der Waals surface area contributed by atoms with Crippen LogP contribution in [0.5, 0.6) is 0 Å². The second-order valence-corrected chi connectivity index (χ2v) is 4.87. The largest absolute Gasteiger partial charge is 0.481 e. The highest BCUT2D eigenvalue weighted by Gasteiger charge is 2.20. The van der Waals surface area contributed by atoms with E-state index in [0.29, 0.717) is 12.0 Å². The first-order valence-electron chi connectivity index (χ1n) is 6.85. The number of carboxylic acids is 1. The van der Waals surface area contributed by atoms with Crippen molar-refractivity contribution < 1.29 is 28.5 Å². The van der Waals surface area contributed by atoms with Gasteiger partial charge in [-0.05, 0) is 31.4 Å². The number of carbonyl (C=O) groups is 1. The maximum Gasteiger partial charge on any atom is 0.303 e. The van der Waals surface area contributed by atoms with Crippen LogP contribution in [-0.4, -0.2) is 28.9 Å². The smallest absolute Gasteiger partial charge is 0.303 e. The van der Waals surface area contributed by atoms with Crippen LogP contribution in [0.25, 0.3) is 0 Å². The fourth-order valence-corrected chi connectivity index (χ4v) is 1.96. The summed E-state index contributed by atoms with van der Waals surface area (Å²) in [5.74, 6) is -3.05. The Balaban J connectivity index is 2.95. The lowest BCUT2D eigenvalue weighted by molar-refractivity contribution is -0.136. The summed E-state index contributed by atoms with van der Waals surface area (Å²) < 4.78 is 32.7. The molecule has 21 heavy (non-hydrogen) atoms. The third kappa shape index (κ3) is 5.06. The number of halogens is 2. The van der Waals surface area contributed by atoms with E-state index in [1.165, 1.54) is 6.07 Å². The molecule has 0 saturated heterocycles. The van der Waals surface area contributed by atoms with Crippen LogP contribution >= 0.6 is 0 Å². The molecule has 0 amide bonds. The lowest BCUT2D eigenvalue weighted by Crippen LogP contribution is -2.17. The van der Waals surface area contributed by atoms with Crippen molar-refractivity contribution in [3.8, 4) is 0 Å². The van der Waals surface area contributed by atoms with Gasteiger partial charge in [-0.15, -0.1) is 0 Å². The van der Waals surface area contributed by atoms with Gasteiger partial charge in [-0.2, -0.15) is 0 Å². The standard InChI is InChI=1S/C15H20F2O4/c1-3-11(18)8-21-9(2)14-10(5-7-13(19)20)4-6-12(16)15(14)17/h4,6,9,11,18H,3,5,7-8H2,1-2H3,(H,19,20)/t9?,11-/m1/s1. The van der Waals surface area contributed by atoms with Gasteiger partial charge in [0.25, 0.3) is 0 Å². The van der Waals surface area contributed by atoms with E-state index in [2.05, 4.69) is 0 Å². The van der Waals surface area contributed by atoms with E-state index in [1.807, 2.05) is 0 Å². The van der Waals surface area contributed by atoms with Gasteiger partial charge in [0.2, 0.25) is 0 Å². The molecule has 0 heterocycles. The van der Waals surface area contributed by atoms with Gasteiger partial charge in [0, 0.05) is 12.0 Å². The Kier molecular flexibility index (Phi) is 6.71. The fraction of sp³-hybridized carbons (Fsp3) is 0.533. The predicted octanol–water partition coefficient (Wildman–Crippen LogP) is 2.83. The molecule has 1 aromatic rings. The summed E-state index contributed by atoms with van der Waals surface area (Å²) in [6.07, 6.45) is -1.05. The zero-order chi connectivity index (χ0) is 16.0. The van der Waals surface area contributed by atoms with Crippen LogP contribution in [0.4, 0.5) is 8.78 Å². The number of benzene rings is 1. The number of aliphatic hydroxyl groups is 1. The average Bonchev–Trinajstić information content (AvgIpc) is 2.45. The van der Waals surface area contributed by atoms with Crippen LogP contribution in [0.1, 0.15) is 43.9 Å². The third-order valence-corrected chi connectivity index (χ3v) is 3.25. The number of aliphatic carboxylic acids is 1. The lowest BCUT2D eigenvalue weighted by atomic mass is 9.98. The molecule has 0 fully saturated rings. The van der Waals surface area contributed by atoms with Crippen molar-refractivity contribution >= 4 is 5.97 Å². The SMILES string of the molecule is CC[C@@H](O)COC(C)c1c(CCC(=O)O)ccc(F)c1F. The molecular formula is C15H20F2O4. The molecule has 0 bridgehead atoms. The van der Waals surface area contributed by atoms with Crippen molar-refractivity contribution in [3.05, 3.63) is 34.9 Å². The number of carboxylic acid groups (broad SMARTS) is 1. The van der Waals surface area contributed by atoms with Gasteiger partial charge in [0.05, 0.1) is 18.8 Å². The molecule has 0 aliphatic carbocycles.